The van der Waals surface area contributed by atoms with Crippen molar-refractivity contribution in [1.82, 2.24) is 9.97 Å². The van der Waals surface area contributed by atoms with Crippen LogP contribution in [0.15, 0.2) is 30.7 Å². The molecule has 0 radical (unpaired) electrons. The lowest BCUT2D eigenvalue weighted by Gasteiger charge is -2.06. The maximum absolute atomic E-state index is 13.4. The van der Waals surface area contributed by atoms with Gasteiger partial charge >= 0.3 is 0 Å². The number of hydrogen-bond donors (Lipinski definition) is 2. The first-order chi connectivity index (χ1) is 8.18. The molecule has 2 aromatic rings. The van der Waals surface area contributed by atoms with Crippen LogP contribution in [-0.4, -0.2) is 14.9 Å². The molecule has 0 aliphatic carbocycles. The standard InChI is InChI=1S/C10H9FN4O2/c11-8-2-1-3-9(15(16)17)10(8)13-5-7-4-12-6-14-7/h1-4,6,13H,5H2,(H,12,14). The van der Waals surface area contributed by atoms with E-state index in [1.54, 1.807) is 6.20 Å². The first kappa shape index (κ1) is 11.1. The first-order valence-corrected chi connectivity index (χ1v) is 4.82. The fraction of sp³-hybridized carbons (Fsp3) is 0.100. The van der Waals surface area contributed by atoms with Gasteiger partial charge in [0.2, 0.25) is 0 Å². The molecule has 1 aromatic heterocycles. The molecule has 0 fully saturated rings. The van der Waals surface area contributed by atoms with Gasteiger partial charge in [-0.05, 0) is 6.07 Å². The summed E-state index contributed by atoms with van der Waals surface area (Å²) in [5.41, 5.74) is 0.305. The number of aromatic amines is 1. The molecule has 17 heavy (non-hydrogen) atoms. The maximum atomic E-state index is 13.4. The fourth-order valence-corrected chi connectivity index (χ4v) is 1.40. The molecule has 0 amide bonds. The summed E-state index contributed by atoms with van der Waals surface area (Å²) in [4.78, 5) is 16.7. The molecule has 2 rings (SSSR count). The molecule has 0 atom stereocenters. The molecule has 2 N–H and O–H groups in total. The molecule has 6 nitrogen and oxygen atoms in total. The fourth-order valence-electron chi connectivity index (χ4n) is 1.40. The average Bonchev–Trinajstić information content (AvgIpc) is 2.80. The van der Waals surface area contributed by atoms with Crippen LogP contribution in [0.2, 0.25) is 0 Å². The smallest absolute Gasteiger partial charge is 0.295 e. The number of halogens is 1. The predicted octanol–water partition coefficient (Wildman–Crippen LogP) is 2.07. The van der Waals surface area contributed by atoms with Crippen molar-refractivity contribution in [2.75, 3.05) is 5.32 Å². The summed E-state index contributed by atoms with van der Waals surface area (Å²) >= 11 is 0. The van der Waals surface area contributed by atoms with Gasteiger partial charge < -0.3 is 10.3 Å². The van der Waals surface area contributed by atoms with Gasteiger partial charge in [-0.2, -0.15) is 0 Å². The van der Waals surface area contributed by atoms with Crippen LogP contribution in [0.25, 0.3) is 0 Å². The van der Waals surface area contributed by atoms with E-state index in [4.69, 9.17) is 0 Å². The number of H-pyrrole nitrogens is 1. The van der Waals surface area contributed by atoms with Gasteiger partial charge in [-0.1, -0.05) is 6.07 Å². The Kier molecular flexibility index (Phi) is 2.99. The molecule has 0 unspecified atom stereocenters. The number of nitro groups is 1. The molecule has 1 aromatic carbocycles. The van der Waals surface area contributed by atoms with E-state index in [2.05, 4.69) is 15.3 Å². The van der Waals surface area contributed by atoms with E-state index >= 15 is 0 Å². The summed E-state index contributed by atoms with van der Waals surface area (Å²) in [6.07, 6.45) is 3.03. The highest BCUT2D eigenvalue weighted by Crippen LogP contribution is 2.27. The Labute approximate surface area is 95.7 Å². The number of nitrogens with zero attached hydrogens (tertiary/aromatic N) is 2. The van der Waals surface area contributed by atoms with E-state index in [1.165, 1.54) is 24.5 Å². The molecular formula is C10H9FN4O2. The lowest BCUT2D eigenvalue weighted by atomic mass is 10.2. The molecule has 0 spiro atoms. The minimum Gasteiger partial charge on any atom is -0.371 e. The van der Waals surface area contributed by atoms with Crippen LogP contribution in [0.3, 0.4) is 0 Å². The van der Waals surface area contributed by atoms with Crippen molar-refractivity contribution in [3.8, 4) is 0 Å². The lowest BCUT2D eigenvalue weighted by Crippen LogP contribution is -2.04. The van der Waals surface area contributed by atoms with Gasteiger partial charge in [0.15, 0.2) is 5.82 Å². The zero-order valence-corrected chi connectivity index (χ0v) is 8.68. The number of hydrogen-bond acceptors (Lipinski definition) is 4. The third-order valence-corrected chi connectivity index (χ3v) is 2.20. The van der Waals surface area contributed by atoms with Crippen molar-refractivity contribution < 1.29 is 9.31 Å². The Bertz CT molecular complexity index is 527. The van der Waals surface area contributed by atoms with Crippen molar-refractivity contribution in [1.29, 1.82) is 0 Å². The highest BCUT2D eigenvalue weighted by molar-refractivity contribution is 5.62. The minimum atomic E-state index is -0.654. The molecular weight excluding hydrogens is 227 g/mol. The van der Waals surface area contributed by atoms with Gasteiger partial charge in [0.1, 0.15) is 5.69 Å². The zero-order chi connectivity index (χ0) is 12.3. The van der Waals surface area contributed by atoms with Crippen molar-refractivity contribution in [3.63, 3.8) is 0 Å². The van der Waals surface area contributed by atoms with E-state index < -0.39 is 10.7 Å². The molecule has 7 heteroatoms. The van der Waals surface area contributed by atoms with Crippen LogP contribution in [-0.2, 0) is 6.54 Å². The number of para-hydroxylation sites is 1. The van der Waals surface area contributed by atoms with Crippen molar-refractivity contribution in [2.24, 2.45) is 0 Å². The number of benzene rings is 1. The summed E-state index contributed by atoms with van der Waals surface area (Å²) in [5, 5.41) is 13.4. The van der Waals surface area contributed by atoms with E-state index in [0.717, 1.165) is 0 Å². The maximum Gasteiger partial charge on any atom is 0.295 e. The normalized spacial score (nSPS) is 10.2. The Hall–Kier alpha value is -2.44. The molecule has 0 saturated carbocycles. The highest BCUT2D eigenvalue weighted by atomic mass is 19.1. The number of nitro benzene ring substituents is 1. The summed E-state index contributed by atoms with van der Waals surface area (Å²) in [5.74, 6) is -0.654. The van der Waals surface area contributed by atoms with Crippen molar-refractivity contribution in [3.05, 3.63) is 52.3 Å². The topological polar surface area (TPSA) is 83.8 Å². The lowest BCUT2D eigenvalue weighted by molar-refractivity contribution is -0.384. The van der Waals surface area contributed by atoms with Crippen molar-refractivity contribution >= 4 is 11.4 Å². The average molecular weight is 236 g/mol. The van der Waals surface area contributed by atoms with Gasteiger partial charge in [0.05, 0.1) is 23.5 Å². The zero-order valence-electron chi connectivity index (χ0n) is 8.68. The molecule has 0 aliphatic rings. The van der Waals surface area contributed by atoms with E-state index in [9.17, 15) is 14.5 Å². The van der Waals surface area contributed by atoms with E-state index in [0.29, 0.717) is 5.69 Å². The molecule has 0 saturated heterocycles. The first-order valence-electron chi connectivity index (χ1n) is 4.82. The van der Waals surface area contributed by atoms with Gasteiger partial charge in [-0.3, -0.25) is 10.1 Å². The summed E-state index contributed by atoms with van der Waals surface area (Å²) < 4.78 is 13.4. The van der Waals surface area contributed by atoms with Crippen LogP contribution in [0.4, 0.5) is 15.8 Å². The summed E-state index contributed by atoms with van der Waals surface area (Å²) in [6.45, 7) is 0.238. The largest absolute Gasteiger partial charge is 0.371 e. The van der Waals surface area contributed by atoms with Crippen LogP contribution in [0, 0.1) is 15.9 Å². The molecule has 88 valence electrons. The third-order valence-electron chi connectivity index (χ3n) is 2.20. The van der Waals surface area contributed by atoms with Crippen LogP contribution < -0.4 is 5.32 Å². The minimum absolute atomic E-state index is 0.118. The quantitative estimate of drug-likeness (QED) is 0.628. The predicted molar refractivity (Wildman–Crippen MR) is 59.0 cm³/mol. The third kappa shape index (κ3) is 2.39. The number of aromatic nitrogens is 2. The second-order valence-corrected chi connectivity index (χ2v) is 3.32. The van der Waals surface area contributed by atoms with Gasteiger partial charge in [0.25, 0.3) is 5.69 Å². The van der Waals surface area contributed by atoms with Crippen molar-refractivity contribution in [2.45, 2.75) is 6.54 Å². The van der Waals surface area contributed by atoms with E-state index in [1.807, 2.05) is 0 Å². The Morgan fingerprint density at radius 3 is 3.00 bits per heavy atom. The number of nitrogens with one attached hydrogen (secondary N) is 2. The van der Waals surface area contributed by atoms with Crippen LogP contribution in [0.1, 0.15) is 5.69 Å². The number of imidazole rings is 1. The number of rotatable bonds is 4. The highest BCUT2D eigenvalue weighted by Gasteiger charge is 2.17. The van der Waals surface area contributed by atoms with Gasteiger partial charge in [0, 0.05) is 12.3 Å². The summed E-state index contributed by atoms with van der Waals surface area (Å²) in [7, 11) is 0. The molecule has 1 heterocycles. The van der Waals surface area contributed by atoms with Gasteiger partial charge in [-0.25, -0.2) is 9.37 Å². The Morgan fingerprint density at radius 2 is 2.35 bits per heavy atom. The number of anilines is 1. The SMILES string of the molecule is O=[N+]([O-])c1cccc(F)c1NCc1cnc[nH]1. The van der Waals surface area contributed by atoms with Gasteiger partial charge in [-0.15, -0.1) is 0 Å². The summed E-state index contributed by atoms with van der Waals surface area (Å²) in [6, 6.07) is 3.72. The Balaban J connectivity index is 2.22. The molecule has 0 aliphatic heterocycles. The second-order valence-electron chi connectivity index (χ2n) is 3.32. The second kappa shape index (κ2) is 4.60. The van der Waals surface area contributed by atoms with Crippen LogP contribution in [0.5, 0.6) is 0 Å². The van der Waals surface area contributed by atoms with E-state index in [-0.39, 0.29) is 17.9 Å². The monoisotopic (exact) mass is 236 g/mol. The Morgan fingerprint density at radius 1 is 1.53 bits per heavy atom. The van der Waals surface area contributed by atoms with Crippen LogP contribution >= 0.6 is 0 Å². The molecule has 0 bridgehead atoms.